The second-order valence-corrected chi connectivity index (χ2v) is 4.56. The van der Waals surface area contributed by atoms with Crippen molar-refractivity contribution in [3.63, 3.8) is 0 Å². The van der Waals surface area contributed by atoms with E-state index in [0.717, 1.165) is 65.3 Å². The predicted octanol–water partition coefficient (Wildman–Crippen LogP) is 1.25. The Morgan fingerprint density at radius 3 is 2.44 bits per heavy atom. The Labute approximate surface area is 97.8 Å². The van der Waals surface area contributed by atoms with E-state index in [9.17, 15) is 0 Å². The predicted molar refractivity (Wildman–Crippen MR) is 61.4 cm³/mol. The van der Waals surface area contributed by atoms with Gasteiger partial charge in [0.15, 0.2) is 5.79 Å². The van der Waals surface area contributed by atoms with E-state index in [4.69, 9.17) is 14.2 Å². The minimum atomic E-state index is -0.235. The Kier molecular flexibility index (Phi) is 4.58. The molecule has 2 heterocycles. The SMILES string of the molecule is CCCOCCN1CCC2(CC1)OCCO2. The summed E-state index contributed by atoms with van der Waals surface area (Å²) in [6, 6.07) is 0. The molecule has 0 amide bonds. The van der Waals surface area contributed by atoms with Crippen molar-refractivity contribution in [3.05, 3.63) is 0 Å². The second-order valence-electron chi connectivity index (χ2n) is 4.56. The van der Waals surface area contributed by atoms with E-state index in [1.54, 1.807) is 0 Å². The summed E-state index contributed by atoms with van der Waals surface area (Å²) in [5.41, 5.74) is 0. The Hall–Kier alpha value is -0.160. The monoisotopic (exact) mass is 229 g/mol. The van der Waals surface area contributed by atoms with E-state index in [1.165, 1.54) is 0 Å². The molecular formula is C12H23NO3. The normalized spacial score (nSPS) is 25.3. The van der Waals surface area contributed by atoms with E-state index in [0.29, 0.717) is 0 Å². The van der Waals surface area contributed by atoms with Crippen molar-refractivity contribution >= 4 is 0 Å². The molecule has 0 saturated carbocycles. The summed E-state index contributed by atoms with van der Waals surface area (Å²) in [5, 5.41) is 0. The fourth-order valence-electron chi connectivity index (χ4n) is 2.34. The van der Waals surface area contributed by atoms with E-state index in [1.807, 2.05) is 0 Å². The molecule has 2 rings (SSSR count). The molecule has 0 bridgehead atoms. The molecule has 0 radical (unpaired) electrons. The van der Waals surface area contributed by atoms with Crippen LogP contribution < -0.4 is 0 Å². The quantitative estimate of drug-likeness (QED) is 0.664. The maximum absolute atomic E-state index is 5.69. The molecule has 0 atom stereocenters. The van der Waals surface area contributed by atoms with Crippen LogP contribution in [0.15, 0.2) is 0 Å². The van der Waals surface area contributed by atoms with Gasteiger partial charge < -0.3 is 19.1 Å². The first-order valence-electron chi connectivity index (χ1n) is 6.43. The lowest BCUT2D eigenvalue weighted by atomic mass is 10.0. The third-order valence-corrected chi connectivity index (χ3v) is 3.33. The highest BCUT2D eigenvalue weighted by Gasteiger charge is 2.39. The minimum Gasteiger partial charge on any atom is -0.380 e. The van der Waals surface area contributed by atoms with Crippen LogP contribution in [-0.2, 0) is 14.2 Å². The van der Waals surface area contributed by atoms with Crippen LogP contribution in [0.5, 0.6) is 0 Å². The van der Waals surface area contributed by atoms with E-state index in [2.05, 4.69) is 11.8 Å². The van der Waals surface area contributed by atoms with Crippen LogP contribution >= 0.6 is 0 Å². The molecule has 0 aliphatic carbocycles. The molecule has 0 aromatic heterocycles. The summed E-state index contributed by atoms with van der Waals surface area (Å²) < 4.78 is 16.9. The fourth-order valence-corrected chi connectivity index (χ4v) is 2.34. The first-order chi connectivity index (χ1) is 7.85. The zero-order valence-electron chi connectivity index (χ0n) is 10.2. The highest BCUT2D eigenvalue weighted by molar-refractivity contribution is 4.82. The number of ether oxygens (including phenoxy) is 3. The van der Waals surface area contributed by atoms with Gasteiger partial charge in [-0.2, -0.15) is 0 Å². The number of piperidine rings is 1. The third-order valence-electron chi connectivity index (χ3n) is 3.33. The van der Waals surface area contributed by atoms with Gasteiger partial charge in [0.1, 0.15) is 0 Å². The molecule has 0 aromatic rings. The standard InChI is InChI=1S/C12H23NO3/c1-2-8-14-9-7-13-5-3-12(4-6-13)15-10-11-16-12/h2-11H2,1H3. The van der Waals surface area contributed by atoms with Crippen molar-refractivity contribution in [1.82, 2.24) is 4.90 Å². The van der Waals surface area contributed by atoms with Gasteiger partial charge in [-0.3, -0.25) is 0 Å². The summed E-state index contributed by atoms with van der Waals surface area (Å²) in [6.07, 6.45) is 3.10. The van der Waals surface area contributed by atoms with Gasteiger partial charge in [-0.15, -0.1) is 0 Å². The van der Waals surface area contributed by atoms with Gasteiger partial charge in [-0.05, 0) is 6.42 Å². The Bertz CT molecular complexity index is 194. The van der Waals surface area contributed by atoms with E-state index in [-0.39, 0.29) is 5.79 Å². The topological polar surface area (TPSA) is 30.9 Å². The van der Waals surface area contributed by atoms with Crippen molar-refractivity contribution in [1.29, 1.82) is 0 Å². The minimum absolute atomic E-state index is 0.235. The van der Waals surface area contributed by atoms with E-state index >= 15 is 0 Å². The molecule has 16 heavy (non-hydrogen) atoms. The summed E-state index contributed by atoms with van der Waals surface area (Å²) in [5.74, 6) is -0.235. The average Bonchev–Trinajstić information content (AvgIpc) is 2.76. The lowest BCUT2D eigenvalue weighted by molar-refractivity contribution is -0.185. The van der Waals surface area contributed by atoms with E-state index < -0.39 is 0 Å². The average molecular weight is 229 g/mol. The maximum atomic E-state index is 5.69. The van der Waals surface area contributed by atoms with Crippen LogP contribution in [0.25, 0.3) is 0 Å². The summed E-state index contributed by atoms with van der Waals surface area (Å²) in [4.78, 5) is 2.44. The third kappa shape index (κ3) is 3.17. The number of likely N-dealkylation sites (tertiary alicyclic amines) is 1. The van der Waals surface area contributed by atoms with Gasteiger partial charge in [0.25, 0.3) is 0 Å². The number of rotatable bonds is 5. The molecule has 0 N–H and O–H groups in total. The molecule has 0 aromatic carbocycles. The first-order valence-corrected chi connectivity index (χ1v) is 6.43. The van der Waals surface area contributed by atoms with Crippen LogP contribution in [0.3, 0.4) is 0 Å². The summed E-state index contributed by atoms with van der Waals surface area (Å²) in [7, 11) is 0. The van der Waals surface area contributed by atoms with Crippen LogP contribution in [-0.4, -0.2) is 56.7 Å². The van der Waals surface area contributed by atoms with Gasteiger partial charge in [0, 0.05) is 39.1 Å². The molecule has 2 fully saturated rings. The highest BCUT2D eigenvalue weighted by Crippen LogP contribution is 2.30. The fraction of sp³-hybridized carbons (Fsp3) is 1.00. The molecule has 2 aliphatic rings. The molecule has 0 unspecified atom stereocenters. The molecule has 2 saturated heterocycles. The molecule has 1 spiro atoms. The zero-order valence-corrected chi connectivity index (χ0v) is 10.2. The van der Waals surface area contributed by atoms with Crippen LogP contribution in [0.2, 0.25) is 0 Å². The highest BCUT2D eigenvalue weighted by atomic mass is 16.7. The van der Waals surface area contributed by atoms with Gasteiger partial charge in [-0.1, -0.05) is 6.92 Å². The van der Waals surface area contributed by atoms with Crippen molar-refractivity contribution in [3.8, 4) is 0 Å². The van der Waals surface area contributed by atoms with Gasteiger partial charge in [0.05, 0.1) is 19.8 Å². The molecule has 2 aliphatic heterocycles. The molecule has 94 valence electrons. The van der Waals surface area contributed by atoms with Gasteiger partial charge in [-0.25, -0.2) is 0 Å². The summed E-state index contributed by atoms with van der Waals surface area (Å²) in [6.45, 7) is 8.56. The van der Waals surface area contributed by atoms with Gasteiger partial charge >= 0.3 is 0 Å². The van der Waals surface area contributed by atoms with Crippen molar-refractivity contribution in [2.45, 2.75) is 32.0 Å². The van der Waals surface area contributed by atoms with Gasteiger partial charge in [0.2, 0.25) is 0 Å². The van der Waals surface area contributed by atoms with Crippen LogP contribution in [0.4, 0.5) is 0 Å². The van der Waals surface area contributed by atoms with Crippen LogP contribution in [0, 0.1) is 0 Å². The Morgan fingerprint density at radius 2 is 1.81 bits per heavy atom. The number of hydrogen-bond donors (Lipinski definition) is 0. The van der Waals surface area contributed by atoms with Crippen molar-refractivity contribution < 1.29 is 14.2 Å². The van der Waals surface area contributed by atoms with Crippen molar-refractivity contribution in [2.24, 2.45) is 0 Å². The Balaban J connectivity index is 1.61. The van der Waals surface area contributed by atoms with Crippen LogP contribution in [0.1, 0.15) is 26.2 Å². The lowest BCUT2D eigenvalue weighted by Gasteiger charge is -2.37. The number of nitrogens with zero attached hydrogens (tertiary/aromatic N) is 1. The maximum Gasteiger partial charge on any atom is 0.170 e. The number of hydrogen-bond acceptors (Lipinski definition) is 4. The molecule has 4 heteroatoms. The largest absolute Gasteiger partial charge is 0.380 e. The zero-order chi connectivity index (χ0) is 11.3. The lowest BCUT2D eigenvalue weighted by Crippen LogP contribution is -2.46. The second kappa shape index (κ2) is 5.96. The Morgan fingerprint density at radius 1 is 1.12 bits per heavy atom. The first kappa shape index (κ1) is 12.3. The smallest absolute Gasteiger partial charge is 0.170 e. The molecule has 4 nitrogen and oxygen atoms in total. The molecular weight excluding hydrogens is 206 g/mol. The summed E-state index contributed by atoms with van der Waals surface area (Å²) >= 11 is 0. The van der Waals surface area contributed by atoms with Crippen molar-refractivity contribution in [2.75, 3.05) is 46.1 Å².